The number of hydrogen-bond acceptors (Lipinski definition) is 5. The fourth-order valence-electron chi connectivity index (χ4n) is 3.66. The summed E-state index contributed by atoms with van der Waals surface area (Å²) in [5, 5.41) is 0. The van der Waals surface area contributed by atoms with Crippen molar-refractivity contribution in [2.24, 2.45) is 0 Å². The second-order valence-electron chi connectivity index (χ2n) is 6.98. The van der Waals surface area contributed by atoms with Crippen molar-refractivity contribution in [1.82, 2.24) is 14.9 Å². The van der Waals surface area contributed by atoms with Crippen LogP contribution in [-0.4, -0.2) is 59.7 Å². The SMILES string of the molecule is Cc1nc(N2CCOCC2)[nH]c(=O)c1CCC(=O)N1CCCCC1C. The lowest BCUT2D eigenvalue weighted by molar-refractivity contribution is -0.134. The van der Waals surface area contributed by atoms with E-state index in [4.69, 9.17) is 4.74 Å². The molecule has 1 unspecified atom stereocenters. The largest absolute Gasteiger partial charge is 0.378 e. The molecule has 0 spiro atoms. The van der Waals surface area contributed by atoms with E-state index in [1.54, 1.807) is 0 Å². The van der Waals surface area contributed by atoms with Gasteiger partial charge in [-0.05, 0) is 39.5 Å². The van der Waals surface area contributed by atoms with Crippen molar-refractivity contribution in [1.29, 1.82) is 0 Å². The third kappa shape index (κ3) is 4.21. The smallest absolute Gasteiger partial charge is 0.255 e. The first-order valence-corrected chi connectivity index (χ1v) is 9.28. The quantitative estimate of drug-likeness (QED) is 0.886. The van der Waals surface area contributed by atoms with E-state index in [0.717, 1.165) is 32.5 Å². The molecule has 138 valence electrons. The summed E-state index contributed by atoms with van der Waals surface area (Å²) in [7, 11) is 0. The van der Waals surface area contributed by atoms with Gasteiger partial charge >= 0.3 is 0 Å². The van der Waals surface area contributed by atoms with Crippen LogP contribution in [0.5, 0.6) is 0 Å². The second-order valence-corrected chi connectivity index (χ2v) is 6.98. The summed E-state index contributed by atoms with van der Waals surface area (Å²) in [4.78, 5) is 36.4. The minimum Gasteiger partial charge on any atom is -0.378 e. The molecule has 1 N–H and O–H groups in total. The first-order chi connectivity index (χ1) is 12.1. The number of carbonyl (C=O) groups is 1. The van der Waals surface area contributed by atoms with E-state index in [1.165, 1.54) is 6.42 Å². The number of carbonyl (C=O) groups excluding carboxylic acids is 1. The van der Waals surface area contributed by atoms with Crippen molar-refractivity contribution in [2.75, 3.05) is 37.7 Å². The summed E-state index contributed by atoms with van der Waals surface area (Å²) in [6, 6.07) is 0.308. The van der Waals surface area contributed by atoms with Crippen LogP contribution in [0.15, 0.2) is 4.79 Å². The maximum absolute atomic E-state index is 12.5. The molecule has 7 heteroatoms. The molecular weight excluding hydrogens is 320 g/mol. The number of H-pyrrole nitrogens is 1. The van der Waals surface area contributed by atoms with Gasteiger partial charge in [0, 0.05) is 43.4 Å². The Bertz CT molecular complexity index is 667. The number of nitrogens with one attached hydrogen (secondary N) is 1. The van der Waals surface area contributed by atoms with Gasteiger partial charge in [0.1, 0.15) is 0 Å². The normalized spacial score (nSPS) is 21.4. The number of anilines is 1. The van der Waals surface area contributed by atoms with Crippen molar-refractivity contribution in [3.63, 3.8) is 0 Å². The zero-order valence-corrected chi connectivity index (χ0v) is 15.2. The number of likely N-dealkylation sites (tertiary alicyclic amines) is 1. The first-order valence-electron chi connectivity index (χ1n) is 9.28. The fraction of sp³-hybridized carbons (Fsp3) is 0.722. The highest BCUT2D eigenvalue weighted by molar-refractivity contribution is 5.76. The molecular formula is C18H28N4O3. The highest BCUT2D eigenvalue weighted by Gasteiger charge is 2.23. The second kappa shape index (κ2) is 7.99. The number of nitrogens with zero attached hydrogens (tertiary/aromatic N) is 3. The molecule has 2 saturated heterocycles. The predicted molar refractivity (Wildman–Crippen MR) is 96.0 cm³/mol. The standard InChI is InChI=1S/C18H28N4O3/c1-13-5-3-4-8-22(13)16(23)7-6-15-14(2)19-18(20-17(15)24)21-9-11-25-12-10-21/h13H,3-12H2,1-2H3,(H,19,20,24). The van der Waals surface area contributed by atoms with Gasteiger partial charge in [0.25, 0.3) is 5.56 Å². The number of amides is 1. The summed E-state index contributed by atoms with van der Waals surface area (Å²) < 4.78 is 5.33. The third-order valence-electron chi connectivity index (χ3n) is 5.23. The van der Waals surface area contributed by atoms with Crippen LogP contribution in [0, 0.1) is 6.92 Å². The molecule has 25 heavy (non-hydrogen) atoms. The van der Waals surface area contributed by atoms with Crippen molar-refractivity contribution < 1.29 is 9.53 Å². The maximum atomic E-state index is 12.5. The number of piperidine rings is 1. The molecule has 2 fully saturated rings. The Hall–Kier alpha value is -1.89. The van der Waals surface area contributed by atoms with Gasteiger partial charge in [-0.2, -0.15) is 0 Å². The van der Waals surface area contributed by atoms with Crippen LogP contribution in [0.2, 0.25) is 0 Å². The number of morpholine rings is 1. The molecule has 3 rings (SSSR count). The number of rotatable bonds is 4. The average Bonchev–Trinajstić information content (AvgIpc) is 2.62. The Morgan fingerprint density at radius 3 is 2.72 bits per heavy atom. The van der Waals surface area contributed by atoms with Gasteiger partial charge in [0.05, 0.1) is 13.2 Å². The molecule has 3 heterocycles. The van der Waals surface area contributed by atoms with Gasteiger partial charge in [-0.3, -0.25) is 14.6 Å². The van der Waals surface area contributed by atoms with E-state index in [0.29, 0.717) is 49.3 Å². The van der Waals surface area contributed by atoms with Gasteiger partial charge in [-0.1, -0.05) is 0 Å². The number of ether oxygens (including phenoxy) is 1. The fourth-order valence-corrected chi connectivity index (χ4v) is 3.66. The summed E-state index contributed by atoms with van der Waals surface area (Å²) in [5.74, 6) is 0.744. The summed E-state index contributed by atoms with van der Waals surface area (Å²) >= 11 is 0. The zero-order chi connectivity index (χ0) is 17.8. The van der Waals surface area contributed by atoms with Crippen LogP contribution in [0.1, 0.15) is 43.9 Å². The molecule has 0 aromatic carbocycles. The van der Waals surface area contributed by atoms with Gasteiger partial charge in [-0.25, -0.2) is 4.98 Å². The van der Waals surface area contributed by atoms with E-state index in [-0.39, 0.29) is 11.5 Å². The van der Waals surface area contributed by atoms with Crippen LogP contribution in [-0.2, 0) is 16.0 Å². The molecule has 2 aliphatic rings. The minimum atomic E-state index is -0.131. The number of aryl methyl sites for hydroxylation is 1. The van der Waals surface area contributed by atoms with E-state index in [1.807, 2.05) is 16.7 Å². The Kier molecular flexibility index (Phi) is 5.73. The van der Waals surface area contributed by atoms with Crippen molar-refractivity contribution in [3.8, 4) is 0 Å². The van der Waals surface area contributed by atoms with Gasteiger partial charge in [-0.15, -0.1) is 0 Å². The van der Waals surface area contributed by atoms with Crippen molar-refractivity contribution in [2.45, 2.75) is 52.0 Å². The molecule has 1 aromatic heterocycles. The lowest BCUT2D eigenvalue weighted by atomic mass is 10.0. The summed E-state index contributed by atoms with van der Waals surface area (Å²) in [6.07, 6.45) is 4.15. The lowest BCUT2D eigenvalue weighted by Gasteiger charge is -2.33. The van der Waals surface area contributed by atoms with Crippen LogP contribution < -0.4 is 10.5 Å². The van der Waals surface area contributed by atoms with Crippen molar-refractivity contribution >= 4 is 11.9 Å². The highest BCUT2D eigenvalue weighted by atomic mass is 16.5. The Balaban J connectivity index is 1.66. The van der Waals surface area contributed by atoms with Gasteiger partial charge in [0.15, 0.2) is 0 Å². The lowest BCUT2D eigenvalue weighted by Crippen LogP contribution is -2.42. The van der Waals surface area contributed by atoms with E-state index < -0.39 is 0 Å². The molecule has 0 saturated carbocycles. The van der Waals surface area contributed by atoms with E-state index >= 15 is 0 Å². The predicted octanol–water partition coefficient (Wildman–Crippen LogP) is 1.25. The molecule has 1 atom stereocenters. The highest BCUT2D eigenvalue weighted by Crippen LogP contribution is 2.18. The summed E-state index contributed by atoms with van der Waals surface area (Å²) in [5.41, 5.74) is 1.20. The molecule has 2 aliphatic heterocycles. The van der Waals surface area contributed by atoms with Crippen LogP contribution in [0.4, 0.5) is 5.95 Å². The number of aromatic nitrogens is 2. The summed E-state index contributed by atoms with van der Waals surface area (Å²) in [6.45, 7) is 7.54. The topological polar surface area (TPSA) is 78.5 Å². The number of hydrogen-bond donors (Lipinski definition) is 1. The van der Waals surface area contributed by atoms with Gasteiger partial charge < -0.3 is 14.5 Å². The molecule has 0 radical (unpaired) electrons. The van der Waals surface area contributed by atoms with Crippen LogP contribution in [0.3, 0.4) is 0 Å². The average molecular weight is 348 g/mol. The number of aromatic amines is 1. The molecule has 0 bridgehead atoms. The molecule has 0 aliphatic carbocycles. The van der Waals surface area contributed by atoms with E-state index in [9.17, 15) is 9.59 Å². The molecule has 1 aromatic rings. The zero-order valence-electron chi connectivity index (χ0n) is 15.2. The molecule has 1 amide bonds. The van der Waals surface area contributed by atoms with Crippen LogP contribution >= 0.6 is 0 Å². The van der Waals surface area contributed by atoms with Crippen LogP contribution in [0.25, 0.3) is 0 Å². The molecule has 7 nitrogen and oxygen atoms in total. The maximum Gasteiger partial charge on any atom is 0.255 e. The minimum absolute atomic E-state index is 0.131. The van der Waals surface area contributed by atoms with E-state index in [2.05, 4.69) is 16.9 Å². The Morgan fingerprint density at radius 2 is 2.04 bits per heavy atom. The Morgan fingerprint density at radius 1 is 1.28 bits per heavy atom. The Labute approximate surface area is 148 Å². The van der Waals surface area contributed by atoms with Crippen molar-refractivity contribution in [3.05, 3.63) is 21.6 Å². The van der Waals surface area contributed by atoms with Gasteiger partial charge in [0.2, 0.25) is 11.9 Å². The third-order valence-corrected chi connectivity index (χ3v) is 5.23. The first kappa shape index (κ1) is 17.9. The monoisotopic (exact) mass is 348 g/mol.